The number of ether oxygens (including phenoxy) is 3. The van der Waals surface area contributed by atoms with E-state index >= 15 is 0 Å². The van der Waals surface area contributed by atoms with Crippen LogP contribution in [-0.2, 0) is 11.3 Å². The first kappa shape index (κ1) is 17.0. The fourth-order valence-corrected chi connectivity index (χ4v) is 2.16. The number of benzene rings is 2. The first-order chi connectivity index (χ1) is 11.1. The molecular formula is C17H18ClNO4. The van der Waals surface area contributed by atoms with Crippen molar-refractivity contribution in [2.75, 3.05) is 20.8 Å². The molecule has 2 rings (SSSR count). The lowest BCUT2D eigenvalue weighted by Gasteiger charge is -2.12. The van der Waals surface area contributed by atoms with E-state index in [9.17, 15) is 4.79 Å². The fourth-order valence-electron chi connectivity index (χ4n) is 1.94. The molecule has 0 aromatic heterocycles. The quantitative estimate of drug-likeness (QED) is 0.845. The molecule has 6 heteroatoms. The summed E-state index contributed by atoms with van der Waals surface area (Å²) in [5, 5.41) is 3.25. The zero-order valence-corrected chi connectivity index (χ0v) is 13.7. The number of rotatable bonds is 7. The van der Waals surface area contributed by atoms with Crippen LogP contribution in [0, 0.1) is 0 Å². The summed E-state index contributed by atoms with van der Waals surface area (Å²) in [5.74, 6) is 1.51. The van der Waals surface area contributed by atoms with E-state index in [1.54, 1.807) is 31.4 Å². The van der Waals surface area contributed by atoms with Crippen LogP contribution in [0.2, 0.25) is 5.02 Å². The lowest BCUT2D eigenvalue weighted by molar-refractivity contribution is -0.123. The predicted octanol–water partition coefficient (Wildman–Crippen LogP) is 3.05. The Hall–Kier alpha value is -2.40. The molecule has 0 atom stereocenters. The summed E-state index contributed by atoms with van der Waals surface area (Å²) in [6.07, 6.45) is 0. The minimum Gasteiger partial charge on any atom is -0.493 e. The van der Waals surface area contributed by atoms with Crippen LogP contribution in [-0.4, -0.2) is 26.7 Å². The van der Waals surface area contributed by atoms with Crippen LogP contribution >= 0.6 is 11.6 Å². The van der Waals surface area contributed by atoms with E-state index in [1.807, 2.05) is 18.2 Å². The Bertz CT molecular complexity index is 661. The van der Waals surface area contributed by atoms with Gasteiger partial charge in [-0.2, -0.15) is 0 Å². The Labute approximate surface area is 140 Å². The van der Waals surface area contributed by atoms with Gasteiger partial charge in [-0.15, -0.1) is 0 Å². The number of para-hydroxylation sites is 1. The van der Waals surface area contributed by atoms with Gasteiger partial charge in [0.15, 0.2) is 18.1 Å². The van der Waals surface area contributed by atoms with Gasteiger partial charge in [0.25, 0.3) is 5.91 Å². The van der Waals surface area contributed by atoms with Crippen LogP contribution in [0.4, 0.5) is 0 Å². The van der Waals surface area contributed by atoms with Crippen LogP contribution in [0.1, 0.15) is 5.56 Å². The second-order valence-electron chi connectivity index (χ2n) is 4.68. The van der Waals surface area contributed by atoms with Crippen molar-refractivity contribution in [1.29, 1.82) is 0 Å². The molecule has 0 saturated carbocycles. The monoisotopic (exact) mass is 335 g/mol. The average Bonchev–Trinajstić information content (AvgIpc) is 2.59. The van der Waals surface area contributed by atoms with Crippen molar-refractivity contribution < 1.29 is 19.0 Å². The van der Waals surface area contributed by atoms with Crippen LogP contribution < -0.4 is 19.5 Å². The minimum absolute atomic E-state index is 0.0606. The second-order valence-corrected chi connectivity index (χ2v) is 5.08. The van der Waals surface area contributed by atoms with E-state index < -0.39 is 0 Å². The van der Waals surface area contributed by atoms with Gasteiger partial charge in [0.2, 0.25) is 0 Å². The third-order valence-corrected chi connectivity index (χ3v) is 3.49. The lowest BCUT2D eigenvalue weighted by Crippen LogP contribution is -2.28. The summed E-state index contributed by atoms with van der Waals surface area (Å²) in [7, 11) is 3.08. The number of halogens is 1. The van der Waals surface area contributed by atoms with E-state index in [4.69, 9.17) is 25.8 Å². The van der Waals surface area contributed by atoms with E-state index in [-0.39, 0.29) is 19.1 Å². The molecular weight excluding hydrogens is 318 g/mol. The maximum absolute atomic E-state index is 11.8. The molecule has 0 aliphatic carbocycles. The Morgan fingerprint density at radius 2 is 1.74 bits per heavy atom. The first-order valence-electron chi connectivity index (χ1n) is 6.99. The molecule has 0 spiro atoms. The Morgan fingerprint density at radius 1 is 1.09 bits per heavy atom. The largest absolute Gasteiger partial charge is 0.493 e. The van der Waals surface area contributed by atoms with Crippen molar-refractivity contribution in [2.24, 2.45) is 0 Å². The Kier molecular flexibility index (Phi) is 6.11. The molecule has 0 unspecified atom stereocenters. The highest BCUT2D eigenvalue weighted by Gasteiger charge is 2.11. The normalized spacial score (nSPS) is 10.0. The molecule has 0 radical (unpaired) electrons. The summed E-state index contributed by atoms with van der Waals surface area (Å²) in [4.78, 5) is 11.8. The Morgan fingerprint density at radius 3 is 2.39 bits per heavy atom. The van der Waals surface area contributed by atoms with Crippen molar-refractivity contribution >= 4 is 17.5 Å². The number of nitrogens with one attached hydrogen (secondary N) is 1. The van der Waals surface area contributed by atoms with Gasteiger partial charge in [-0.25, -0.2) is 0 Å². The summed E-state index contributed by atoms with van der Waals surface area (Å²) in [6, 6.07) is 12.5. The molecule has 2 aromatic carbocycles. The van der Waals surface area contributed by atoms with Gasteiger partial charge < -0.3 is 19.5 Å². The molecule has 23 heavy (non-hydrogen) atoms. The molecule has 0 heterocycles. The van der Waals surface area contributed by atoms with Gasteiger partial charge in [-0.1, -0.05) is 29.8 Å². The molecule has 2 aromatic rings. The number of hydrogen-bond acceptors (Lipinski definition) is 4. The minimum atomic E-state index is -0.236. The molecule has 0 aliphatic heterocycles. The maximum atomic E-state index is 11.8. The SMILES string of the molecule is COc1cc(Cl)c(CNC(=O)COc2ccccc2)cc1OC. The molecule has 1 amide bonds. The molecule has 0 saturated heterocycles. The first-order valence-corrected chi connectivity index (χ1v) is 7.36. The van der Waals surface area contributed by atoms with Crippen LogP contribution in [0.5, 0.6) is 17.2 Å². The molecule has 5 nitrogen and oxygen atoms in total. The zero-order valence-electron chi connectivity index (χ0n) is 13.0. The van der Waals surface area contributed by atoms with E-state index in [0.717, 1.165) is 5.56 Å². The number of amides is 1. The smallest absolute Gasteiger partial charge is 0.258 e. The number of hydrogen-bond donors (Lipinski definition) is 1. The Balaban J connectivity index is 1.91. The van der Waals surface area contributed by atoms with E-state index in [1.165, 1.54) is 7.11 Å². The summed E-state index contributed by atoms with van der Waals surface area (Å²) in [6.45, 7) is 0.213. The highest BCUT2D eigenvalue weighted by Crippen LogP contribution is 2.32. The lowest BCUT2D eigenvalue weighted by atomic mass is 10.2. The van der Waals surface area contributed by atoms with Crippen LogP contribution in [0.25, 0.3) is 0 Å². The summed E-state index contributed by atoms with van der Waals surface area (Å²) < 4.78 is 15.8. The fraction of sp³-hybridized carbons (Fsp3) is 0.235. The molecule has 1 N–H and O–H groups in total. The predicted molar refractivity (Wildman–Crippen MR) is 88.3 cm³/mol. The third kappa shape index (κ3) is 4.79. The molecule has 122 valence electrons. The van der Waals surface area contributed by atoms with E-state index in [2.05, 4.69) is 5.32 Å². The van der Waals surface area contributed by atoms with Crippen molar-refractivity contribution in [1.82, 2.24) is 5.32 Å². The molecule has 0 fully saturated rings. The van der Waals surface area contributed by atoms with Gasteiger partial charge in [-0.3, -0.25) is 4.79 Å². The summed E-state index contributed by atoms with van der Waals surface area (Å²) >= 11 is 6.18. The molecule has 0 bridgehead atoms. The van der Waals surface area contributed by atoms with Crippen molar-refractivity contribution in [3.8, 4) is 17.2 Å². The highest BCUT2D eigenvalue weighted by molar-refractivity contribution is 6.31. The van der Waals surface area contributed by atoms with Gasteiger partial charge >= 0.3 is 0 Å². The van der Waals surface area contributed by atoms with Gasteiger partial charge in [0.1, 0.15) is 5.75 Å². The van der Waals surface area contributed by atoms with Gasteiger partial charge in [0.05, 0.1) is 14.2 Å². The van der Waals surface area contributed by atoms with Crippen LogP contribution in [0.15, 0.2) is 42.5 Å². The highest BCUT2D eigenvalue weighted by atomic mass is 35.5. The van der Waals surface area contributed by atoms with Gasteiger partial charge in [-0.05, 0) is 23.8 Å². The topological polar surface area (TPSA) is 56.8 Å². The average molecular weight is 336 g/mol. The molecule has 0 aliphatic rings. The number of carbonyl (C=O) groups is 1. The summed E-state index contributed by atoms with van der Waals surface area (Å²) in [5.41, 5.74) is 0.734. The van der Waals surface area contributed by atoms with Gasteiger partial charge in [0, 0.05) is 17.6 Å². The number of methoxy groups -OCH3 is 2. The standard InChI is InChI=1S/C17H18ClNO4/c1-21-15-8-12(14(18)9-16(15)22-2)10-19-17(20)11-23-13-6-4-3-5-7-13/h3-9H,10-11H2,1-2H3,(H,19,20). The maximum Gasteiger partial charge on any atom is 0.258 e. The van der Waals surface area contributed by atoms with Crippen molar-refractivity contribution in [3.63, 3.8) is 0 Å². The number of carbonyl (C=O) groups excluding carboxylic acids is 1. The third-order valence-electron chi connectivity index (χ3n) is 3.14. The van der Waals surface area contributed by atoms with Crippen molar-refractivity contribution in [3.05, 3.63) is 53.1 Å². The second kappa shape index (κ2) is 8.29. The zero-order chi connectivity index (χ0) is 16.7. The van der Waals surface area contributed by atoms with Crippen LogP contribution in [0.3, 0.4) is 0 Å². The van der Waals surface area contributed by atoms with Crippen molar-refractivity contribution in [2.45, 2.75) is 6.54 Å². The van der Waals surface area contributed by atoms with E-state index in [0.29, 0.717) is 22.3 Å².